The van der Waals surface area contributed by atoms with Crippen LogP contribution in [-0.4, -0.2) is 52.6 Å². The number of aromatic nitrogens is 1. The number of carbonyl (C=O) groups excluding carboxylic acids is 1. The topological polar surface area (TPSA) is 80.5 Å². The third-order valence-corrected chi connectivity index (χ3v) is 5.76. The van der Waals surface area contributed by atoms with Crippen LogP contribution in [-0.2, 0) is 16.1 Å². The summed E-state index contributed by atoms with van der Waals surface area (Å²) >= 11 is 1.42. The number of hydrogen-bond donors (Lipinski definition) is 0. The predicted molar refractivity (Wildman–Crippen MR) is 124 cm³/mol. The molecule has 0 aliphatic heterocycles. The van der Waals surface area contributed by atoms with Crippen LogP contribution in [0.2, 0.25) is 0 Å². The van der Waals surface area contributed by atoms with Gasteiger partial charge in [-0.05, 0) is 42.0 Å². The van der Waals surface area contributed by atoms with Crippen molar-refractivity contribution in [1.82, 2.24) is 4.57 Å². The standard InChI is InChI=1S/C23H26N2O6S/c1-27-11-10-25-17-8-7-16(28-2)14-20(17)32-23(25)24-21(26)9-6-15-12-18(29-3)22(31-5)19(13-15)30-4/h6-9,12-14H,10-11H2,1-5H3/b9-6-,24-23?. The van der Waals surface area contributed by atoms with E-state index in [-0.39, 0.29) is 5.91 Å². The molecule has 0 fully saturated rings. The number of thiazole rings is 1. The Hall–Kier alpha value is -3.30. The number of nitrogens with zero attached hydrogens (tertiary/aromatic N) is 2. The van der Waals surface area contributed by atoms with E-state index in [1.54, 1.807) is 46.6 Å². The number of rotatable bonds is 9. The van der Waals surface area contributed by atoms with Gasteiger partial charge in [0.25, 0.3) is 5.91 Å². The van der Waals surface area contributed by atoms with E-state index >= 15 is 0 Å². The van der Waals surface area contributed by atoms with E-state index in [9.17, 15) is 4.79 Å². The van der Waals surface area contributed by atoms with Gasteiger partial charge in [-0.1, -0.05) is 11.3 Å². The highest BCUT2D eigenvalue weighted by atomic mass is 32.1. The van der Waals surface area contributed by atoms with Crippen molar-refractivity contribution in [3.63, 3.8) is 0 Å². The molecule has 0 saturated heterocycles. The molecule has 170 valence electrons. The molecule has 0 N–H and O–H groups in total. The molecule has 1 aromatic heterocycles. The highest BCUT2D eigenvalue weighted by Crippen LogP contribution is 2.38. The van der Waals surface area contributed by atoms with Crippen LogP contribution in [0.25, 0.3) is 16.3 Å². The zero-order valence-electron chi connectivity index (χ0n) is 18.7. The SMILES string of the molecule is COCCn1c(=NC(=O)/C=C\c2cc(OC)c(OC)c(OC)c2)sc2cc(OC)ccc21. The van der Waals surface area contributed by atoms with E-state index in [2.05, 4.69) is 4.99 Å². The van der Waals surface area contributed by atoms with Crippen LogP contribution in [0.5, 0.6) is 23.0 Å². The van der Waals surface area contributed by atoms with Gasteiger partial charge < -0.3 is 28.3 Å². The Labute approximate surface area is 190 Å². The second kappa shape index (κ2) is 10.8. The van der Waals surface area contributed by atoms with Gasteiger partial charge in [-0.15, -0.1) is 0 Å². The normalized spacial score (nSPS) is 11.8. The minimum Gasteiger partial charge on any atom is -0.497 e. The summed E-state index contributed by atoms with van der Waals surface area (Å²) in [6, 6.07) is 9.29. The first-order valence-corrected chi connectivity index (χ1v) is 10.6. The quantitative estimate of drug-likeness (QED) is 0.457. The Balaban J connectivity index is 1.96. The average Bonchev–Trinajstić information content (AvgIpc) is 3.16. The average molecular weight is 459 g/mol. The van der Waals surface area contributed by atoms with E-state index in [0.29, 0.717) is 35.2 Å². The minimum atomic E-state index is -0.386. The number of ether oxygens (including phenoxy) is 5. The maximum absolute atomic E-state index is 12.6. The van der Waals surface area contributed by atoms with Gasteiger partial charge in [-0.25, -0.2) is 0 Å². The smallest absolute Gasteiger partial charge is 0.272 e. The first kappa shape index (κ1) is 23.4. The third kappa shape index (κ3) is 5.12. The van der Waals surface area contributed by atoms with E-state index in [0.717, 1.165) is 21.5 Å². The fourth-order valence-electron chi connectivity index (χ4n) is 3.16. The zero-order chi connectivity index (χ0) is 23.1. The molecular weight excluding hydrogens is 432 g/mol. The largest absolute Gasteiger partial charge is 0.497 e. The third-order valence-electron chi connectivity index (χ3n) is 4.72. The zero-order valence-corrected chi connectivity index (χ0v) is 19.5. The van der Waals surface area contributed by atoms with Gasteiger partial charge in [-0.3, -0.25) is 4.79 Å². The lowest BCUT2D eigenvalue weighted by Crippen LogP contribution is -2.18. The summed E-state index contributed by atoms with van der Waals surface area (Å²) in [5, 5.41) is 0. The molecule has 8 nitrogen and oxygen atoms in total. The van der Waals surface area contributed by atoms with Crippen LogP contribution in [0.15, 0.2) is 41.4 Å². The lowest BCUT2D eigenvalue weighted by atomic mass is 10.1. The summed E-state index contributed by atoms with van der Waals surface area (Å²) in [5.41, 5.74) is 1.68. The summed E-state index contributed by atoms with van der Waals surface area (Å²) in [6.07, 6.45) is 3.07. The van der Waals surface area contributed by atoms with Crippen molar-refractivity contribution in [2.45, 2.75) is 6.54 Å². The molecule has 0 bridgehead atoms. The van der Waals surface area contributed by atoms with Crippen LogP contribution in [0.1, 0.15) is 5.56 Å². The van der Waals surface area contributed by atoms with Gasteiger partial charge in [-0.2, -0.15) is 4.99 Å². The molecule has 1 heterocycles. The number of hydrogen-bond acceptors (Lipinski definition) is 7. The van der Waals surface area contributed by atoms with Gasteiger partial charge in [0, 0.05) is 19.7 Å². The fourth-order valence-corrected chi connectivity index (χ4v) is 4.25. The van der Waals surface area contributed by atoms with Gasteiger partial charge in [0.05, 0.1) is 45.3 Å². The summed E-state index contributed by atoms with van der Waals surface area (Å²) in [4.78, 5) is 17.5. The van der Waals surface area contributed by atoms with Crippen LogP contribution in [0.3, 0.4) is 0 Å². The van der Waals surface area contributed by atoms with Crippen molar-refractivity contribution in [2.24, 2.45) is 4.99 Å². The van der Waals surface area contributed by atoms with Crippen molar-refractivity contribution in [3.8, 4) is 23.0 Å². The van der Waals surface area contributed by atoms with Gasteiger partial charge in [0.1, 0.15) is 5.75 Å². The maximum atomic E-state index is 12.6. The number of benzene rings is 2. The van der Waals surface area contributed by atoms with E-state index in [1.165, 1.54) is 24.5 Å². The molecule has 2 aromatic carbocycles. The van der Waals surface area contributed by atoms with Crippen molar-refractivity contribution in [1.29, 1.82) is 0 Å². The Morgan fingerprint density at radius 3 is 2.31 bits per heavy atom. The van der Waals surface area contributed by atoms with Crippen LogP contribution in [0.4, 0.5) is 0 Å². The van der Waals surface area contributed by atoms with Crippen molar-refractivity contribution < 1.29 is 28.5 Å². The predicted octanol–water partition coefficient (Wildman–Crippen LogP) is 3.52. The first-order chi connectivity index (χ1) is 15.5. The number of fused-ring (bicyclic) bond motifs is 1. The molecule has 0 atom stereocenters. The summed E-state index contributed by atoms with van der Waals surface area (Å²) in [7, 11) is 7.88. The molecule has 9 heteroatoms. The molecule has 0 unspecified atom stereocenters. The molecule has 0 spiro atoms. The highest BCUT2D eigenvalue weighted by Gasteiger charge is 2.12. The maximum Gasteiger partial charge on any atom is 0.272 e. The Bertz CT molecular complexity index is 1170. The fraction of sp³-hybridized carbons (Fsp3) is 0.304. The lowest BCUT2D eigenvalue weighted by molar-refractivity contribution is -0.113. The van der Waals surface area contributed by atoms with Crippen LogP contribution >= 0.6 is 11.3 Å². The number of amides is 1. The molecule has 32 heavy (non-hydrogen) atoms. The molecule has 0 aliphatic rings. The molecule has 0 aliphatic carbocycles. The van der Waals surface area contributed by atoms with Crippen LogP contribution < -0.4 is 23.7 Å². The summed E-state index contributed by atoms with van der Waals surface area (Å²) in [6.45, 7) is 1.08. The lowest BCUT2D eigenvalue weighted by Gasteiger charge is -2.12. The molecule has 3 aromatic rings. The molecule has 1 amide bonds. The highest BCUT2D eigenvalue weighted by molar-refractivity contribution is 7.16. The number of methoxy groups -OCH3 is 5. The monoisotopic (exact) mass is 458 g/mol. The van der Waals surface area contributed by atoms with Gasteiger partial charge in [0.15, 0.2) is 16.3 Å². The Morgan fingerprint density at radius 1 is 1.00 bits per heavy atom. The second-order valence-electron chi connectivity index (χ2n) is 6.60. The Kier molecular flexibility index (Phi) is 7.91. The van der Waals surface area contributed by atoms with E-state index in [4.69, 9.17) is 23.7 Å². The van der Waals surface area contributed by atoms with E-state index < -0.39 is 0 Å². The van der Waals surface area contributed by atoms with Crippen LogP contribution in [0, 0.1) is 0 Å². The number of carbonyl (C=O) groups is 1. The van der Waals surface area contributed by atoms with Crippen molar-refractivity contribution in [2.75, 3.05) is 42.2 Å². The molecule has 0 saturated carbocycles. The van der Waals surface area contributed by atoms with Gasteiger partial charge >= 0.3 is 0 Å². The van der Waals surface area contributed by atoms with E-state index in [1.807, 2.05) is 22.8 Å². The van der Waals surface area contributed by atoms with Crippen molar-refractivity contribution in [3.05, 3.63) is 46.8 Å². The second-order valence-corrected chi connectivity index (χ2v) is 7.61. The first-order valence-electron chi connectivity index (χ1n) is 9.77. The molecular formula is C23H26N2O6S. The summed E-state index contributed by atoms with van der Waals surface area (Å²) < 4.78 is 29.5. The van der Waals surface area contributed by atoms with Crippen molar-refractivity contribution >= 4 is 33.5 Å². The Morgan fingerprint density at radius 2 is 1.72 bits per heavy atom. The molecule has 0 radical (unpaired) electrons. The van der Waals surface area contributed by atoms with Gasteiger partial charge in [0.2, 0.25) is 5.75 Å². The minimum absolute atomic E-state index is 0.386. The summed E-state index contributed by atoms with van der Waals surface area (Å²) in [5.74, 6) is 1.86. The molecule has 3 rings (SSSR count).